The van der Waals surface area contributed by atoms with Gasteiger partial charge in [0.2, 0.25) is 0 Å². The van der Waals surface area contributed by atoms with Gasteiger partial charge in [0.25, 0.3) is 5.91 Å². The Morgan fingerprint density at radius 2 is 2.14 bits per heavy atom. The van der Waals surface area contributed by atoms with Gasteiger partial charge in [-0.15, -0.1) is 0 Å². The first-order valence-corrected chi connectivity index (χ1v) is 8.33. The van der Waals surface area contributed by atoms with E-state index in [0.717, 1.165) is 28.2 Å². The zero-order valence-electron chi connectivity index (χ0n) is 12.1. The first-order valence-electron chi connectivity index (χ1n) is 7.10. The van der Waals surface area contributed by atoms with Gasteiger partial charge < -0.3 is 10.6 Å². The molecule has 1 amide bonds. The molecule has 4 N–H and O–H groups in total. The highest BCUT2D eigenvalue weighted by atomic mass is 32.1. The van der Waals surface area contributed by atoms with Gasteiger partial charge in [-0.1, -0.05) is 23.5 Å². The summed E-state index contributed by atoms with van der Waals surface area (Å²) < 4.78 is 1.09. The molecule has 8 heteroatoms. The molecule has 1 fully saturated rings. The maximum Gasteiger partial charge on any atom is 0.260 e. The number of hydrazine groups is 1. The minimum absolute atomic E-state index is 0.195. The van der Waals surface area contributed by atoms with Gasteiger partial charge in [0.05, 0.1) is 10.2 Å². The van der Waals surface area contributed by atoms with E-state index in [1.165, 1.54) is 11.3 Å². The van der Waals surface area contributed by atoms with Gasteiger partial charge in [-0.05, 0) is 44.1 Å². The van der Waals surface area contributed by atoms with Crippen LogP contribution < -0.4 is 21.5 Å². The first kappa shape index (κ1) is 15.0. The van der Waals surface area contributed by atoms with Crippen molar-refractivity contribution in [3.05, 3.63) is 24.3 Å². The Hall–Kier alpha value is -1.93. The van der Waals surface area contributed by atoms with Gasteiger partial charge in [0.15, 0.2) is 10.2 Å². The molecule has 0 spiro atoms. The second-order valence-electron chi connectivity index (χ2n) is 5.21. The van der Waals surface area contributed by atoms with Crippen LogP contribution in [0.25, 0.3) is 10.2 Å². The number of thiazole rings is 1. The van der Waals surface area contributed by atoms with Crippen LogP contribution in [0.1, 0.15) is 19.8 Å². The molecule has 116 valence electrons. The van der Waals surface area contributed by atoms with E-state index in [4.69, 9.17) is 12.2 Å². The van der Waals surface area contributed by atoms with E-state index < -0.39 is 6.04 Å². The lowest BCUT2D eigenvalue weighted by atomic mass is 10.3. The fourth-order valence-electron chi connectivity index (χ4n) is 1.86. The molecule has 6 nitrogen and oxygen atoms in total. The van der Waals surface area contributed by atoms with Crippen LogP contribution in [0.2, 0.25) is 0 Å². The molecule has 1 aromatic carbocycles. The third-order valence-electron chi connectivity index (χ3n) is 3.24. The predicted octanol–water partition coefficient (Wildman–Crippen LogP) is 1.75. The fraction of sp³-hybridized carbons (Fsp3) is 0.357. The maximum atomic E-state index is 12.0. The van der Waals surface area contributed by atoms with Crippen molar-refractivity contribution >= 4 is 49.9 Å². The SMILES string of the molecule is C[C@H](Nc1nc2ccccc2s1)C(=O)NNC(=S)NC1CC1. The predicted molar refractivity (Wildman–Crippen MR) is 92.7 cm³/mol. The lowest BCUT2D eigenvalue weighted by molar-refractivity contribution is -0.122. The van der Waals surface area contributed by atoms with Crippen LogP contribution in [-0.2, 0) is 4.79 Å². The van der Waals surface area contributed by atoms with E-state index in [-0.39, 0.29) is 5.91 Å². The molecule has 1 heterocycles. The molecule has 0 unspecified atom stereocenters. The number of hydrogen-bond acceptors (Lipinski definition) is 5. The van der Waals surface area contributed by atoms with E-state index in [1.807, 2.05) is 24.3 Å². The Bertz CT molecular complexity index is 664. The number of nitrogens with one attached hydrogen (secondary N) is 4. The summed E-state index contributed by atoms with van der Waals surface area (Å²) in [5.74, 6) is -0.195. The van der Waals surface area contributed by atoms with Crippen molar-refractivity contribution in [1.82, 2.24) is 21.2 Å². The molecule has 22 heavy (non-hydrogen) atoms. The zero-order chi connectivity index (χ0) is 15.5. The average molecular weight is 335 g/mol. The minimum Gasteiger partial charge on any atom is -0.359 e. The number of thiocarbonyl (C=S) groups is 1. The summed E-state index contributed by atoms with van der Waals surface area (Å²) in [6.45, 7) is 1.78. The molecular formula is C14H17N5OS2. The van der Waals surface area contributed by atoms with Crippen LogP contribution >= 0.6 is 23.6 Å². The summed E-state index contributed by atoms with van der Waals surface area (Å²) in [6, 6.07) is 7.90. The van der Waals surface area contributed by atoms with Crippen LogP contribution in [0, 0.1) is 0 Å². The number of nitrogens with zero attached hydrogens (tertiary/aromatic N) is 1. The number of amides is 1. The maximum absolute atomic E-state index is 12.0. The standard InChI is InChI=1S/C14H17N5OS2/c1-8(12(20)18-19-13(21)16-9-6-7-9)15-14-17-10-4-2-3-5-11(10)22-14/h2-5,8-9H,6-7H2,1H3,(H,15,17)(H,18,20)(H2,16,19,21)/t8-/m0/s1. The molecule has 1 aromatic heterocycles. The van der Waals surface area contributed by atoms with Crippen LogP contribution in [-0.4, -0.2) is 28.1 Å². The lowest BCUT2D eigenvalue weighted by Crippen LogP contribution is -2.51. The Labute approximate surface area is 137 Å². The number of anilines is 1. The topological polar surface area (TPSA) is 78.1 Å². The second kappa shape index (κ2) is 6.45. The smallest absolute Gasteiger partial charge is 0.260 e. The van der Waals surface area contributed by atoms with Gasteiger partial charge in [-0.3, -0.25) is 15.6 Å². The molecule has 1 aliphatic rings. The molecular weight excluding hydrogens is 318 g/mol. The fourth-order valence-corrected chi connectivity index (χ4v) is 3.03. The van der Waals surface area contributed by atoms with Crippen LogP contribution in [0.15, 0.2) is 24.3 Å². The lowest BCUT2D eigenvalue weighted by Gasteiger charge is -2.15. The molecule has 3 rings (SSSR count). The quantitative estimate of drug-likeness (QED) is 0.504. The summed E-state index contributed by atoms with van der Waals surface area (Å²) in [5.41, 5.74) is 6.23. The number of fused-ring (bicyclic) bond motifs is 1. The number of hydrogen-bond donors (Lipinski definition) is 4. The summed E-state index contributed by atoms with van der Waals surface area (Å²) >= 11 is 6.60. The Balaban J connectivity index is 1.50. The van der Waals surface area contributed by atoms with Crippen LogP contribution in [0.3, 0.4) is 0 Å². The minimum atomic E-state index is -0.420. The molecule has 1 aliphatic carbocycles. The van der Waals surface area contributed by atoms with Crippen molar-refractivity contribution in [3.63, 3.8) is 0 Å². The summed E-state index contributed by atoms with van der Waals surface area (Å²) in [6.07, 6.45) is 2.26. The Morgan fingerprint density at radius 3 is 2.86 bits per heavy atom. The van der Waals surface area contributed by atoms with E-state index in [2.05, 4.69) is 26.5 Å². The number of carbonyl (C=O) groups excluding carboxylic acids is 1. The summed E-state index contributed by atoms with van der Waals surface area (Å²) in [4.78, 5) is 16.5. The van der Waals surface area contributed by atoms with E-state index in [9.17, 15) is 4.79 Å². The largest absolute Gasteiger partial charge is 0.359 e. The molecule has 0 bridgehead atoms. The van der Waals surface area contributed by atoms with Crippen molar-refractivity contribution in [1.29, 1.82) is 0 Å². The normalized spacial score (nSPS) is 15.1. The van der Waals surface area contributed by atoms with Crippen molar-refractivity contribution in [2.75, 3.05) is 5.32 Å². The third-order valence-corrected chi connectivity index (χ3v) is 4.43. The van der Waals surface area contributed by atoms with Gasteiger partial charge in [-0.2, -0.15) is 0 Å². The molecule has 0 radical (unpaired) electrons. The van der Waals surface area contributed by atoms with Gasteiger partial charge >= 0.3 is 0 Å². The molecule has 2 aromatic rings. The van der Waals surface area contributed by atoms with Crippen molar-refractivity contribution in [2.24, 2.45) is 0 Å². The van der Waals surface area contributed by atoms with E-state index in [1.54, 1.807) is 6.92 Å². The summed E-state index contributed by atoms with van der Waals surface area (Å²) in [7, 11) is 0. The van der Waals surface area contributed by atoms with E-state index in [0.29, 0.717) is 11.2 Å². The zero-order valence-corrected chi connectivity index (χ0v) is 13.7. The average Bonchev–Trinajstić information content (AvgIpc) is 3.21. The van der Waals surface area contributed by atoms with Crippen molar-refractivity contribution < 1.29 is 4.79 Å². The number of carbonyl (C=O) groups is 1. The Morgan fingerprint density at radius 1 is 1.36 bits per heavy atom. The van der Waals surface area contributed by atoms with Crippen molar-refractivity contribution in [2.45, 2.75) is 31.8 Å². The summed E-state index contributed by atoms with van der Waals surface area (Å²) in [5, 5.41) is 7.36. The highest BCUT2D eigenvalue weighted by molar-refractivity contribution is 7.80. The van der Waals surface area contributed by atoms with Gasteiger partial charge in [-0.25, -0.2) is 4.98 Å². The van der Waals surface area contributed by atoms with Crippen LogP contribution in [0.4, 0.5) is 5.13 Å². The van der Waals surface area contributed by atoms with E-state index >= 15 is 0 Å². The number of rotatable bonds is 4. The second-order valence-corrected chi connectivity index (χ2v) is 6.65. The first-order chi connectivity index (χ1) is 10.6. The van der Waals surface area contributed by atoms with Crippen molar-refractivity contribution in [3.8, 4) is 0 Å². The Kier molecular flexibility index (Phi) is 4.39. The number of benzene rings is 1. The van der Waals surface area contributed by atoms with Crippen LogP contribution in [0.5, 0.6) is 0 Å². The number of aromatic nitrogens is 1. The number of para-hydroxylation sites is 1. The highest BCUT2D eigenvalue weighted by Gasteiger charge is 2.22. The molecule has 1 saturated carbocycles. The molecule has 0 saturated heterocycles. The van der Waals surface area contributed by atoms with Gasteiger partial charge in [0.1, 0.15) is 6.04 Å². The third kappa shape index (κ3) is 3.83. The highest BCUT2D eigenvalue weighted by Crippen LogP contribution is 2.25. The molecule has 1 atom stereocenters. The monoisotopic (exact) mass is 335 g/mol. The molecule has 0 aliphatic heterocycles. The van der Waals surface area contributed by atoms with Gasteiger partial charge in [0, 0.05) is 6.04 Å².